The molecule has 2 atom stereocenters. The summed E-state index contributed by atoms with van der Waals surface area (Å²) in [5.41, 5.74) is 2.39. The van der Waals surface area contributed by atoms with Gasteiger partial charge >= 0.3 is 0 Å². The SMILES string of the molecule is CONC(=O)C1C2CN(C)CC21. The second kappa shape index (κ2) is 2.71. The molecule has 12 heavy (non-hydrogen) atoms. The predicted molar refractivity (Wildman–Crippen MR) is 43.1 cm³/mol. The minimum absolute atomic E-state index is 0.0561. The number of hydroxylamine groups is 1. The molecule has 4 heteroatoms. The van der Waals surface area contributed by atoms with Crippen LogP contribution in [0, 0.1) is 17.8 Å². The standard InChI is InChI=1S/C8H14N2O2/c1-10-3-5-6(4-10)7(5)8(11)9-12-2/h5-7H,3-4H2,1-2H3,(H,9,11). The van der Waals surface area contributed by atoms with Crippen LogP contribution in [0.25, 0.3) is 0 Å². The lowest BCUT2D eigenvalue weighted by atomic mass is 10.2. The monoisotopic (exact) mass is 170 g/mol. The Bertz CT molecular complexity index is 195. The van der Waals surface area contributed by atoms with E-state index in [2.05, 4.69) is 22.3 Å². The lowest BCUT2D eigenvalue weighted by Gasteiger charge is -2.11. The summed E-state index contributed by atoms with van der Waals surface area (Å²) in [7, 11) is 3.57. The molecule has 1 aliphatic carbocycles. The predicted octanol–water partition coefficient (Wildman–Crippen LogP) is -0.528. The van der Waals surface area contributed by atoms with E-state index in [9.17, 15) is 4.79 Å². The third-order valence-corrected chi connectivity index (χ3v) is 2.88. The molecule has 1 N–H and O–H groups in total. The van der Waals surface area contributed by atoms with Crippen molar-refractivity contribution in [2.45, 2.75) is 0 Å². The lowest BCUT2D eigenvalue weighted by molar-refractivity contribution is -0.133. The Morgan fingerprint density at radius 2 is 2.08 bits per heavy atom. The number of fused-ring (bicyclic) bond motifs is 1. The van der Waals surface area contributed by atoms with E-state index in [1.54, 1.807) is 0 Å². The molecule has 68 valence electrons. The largest absolute Gasteiger partial charge is 0.306 e. The summed E-state index contributed by atoms with van der Waals surface area (Å²) in [6, 6.07) is 0. The Balaban J connectivity index is 1.85. The van der Waals surface area contributed by atoms with E-state index in [0.717, 1.165) is 13.1 Å². The van der Waals surface area contributed by atoms with Gasteiger partial charge in [-0.25, -0.2) is 5.48 Å². The zero-order valence-corrected chi connectivity index (χ0v) is 7.41. The van der Waals surface area contributed by atoms with Crippen LogP contribution in [0.4, 0.5) is 0 Å². The van der Waals surface area contributed by atoms with E-state index < -0.39 is 0 Å². The van der Waals surface area contributed by atoms with Crippen molar-refractivity contribution in [1.82, 2.24) is 10.4 Å². The third kappa shape index (κ3) is 1.11. The number of nitrogens with one attached hydrogen (secondary N) is 1. The van der Waals surface area contributed by atoms with E-state index in [-0.39, 0.29) is 11.8 Å². The minimum atomic E-state index is 0.0561. The number of rotatable bonds is 2. The third-order valence-electron chi connectivity index (χ3n) is 2.88. The lowest BCUT2D eigenvalue weighted by Crippen LogP contribution is -2.29. The van der Waals surface area contributed by atoms with Gasteiger partial charge in [-0.3, -0.25) is 9.63 Å². The summed E-state index contributed by atoms with van der Waals surface area (Å²) in [6.45, 7) is 2.12. The molecule has 2 rings (SSSR count). The van der Waals surface area contributed by atoms with Crippen LogP contribution in [0.15, 0.2) is 0 Å². The highest BCUT2D eigenvalue weighted by atomic mass is 16.6. The van der Waals surface area contributed by atoms with Gasteiger partial charge in [-0.1, -0.05) is 0 Å². The van der Waals surface area contributed by atoms with E-state index >= 15 is 0 Å². The molecule has 1 saturated heterocycles. The Morgan fingerprint density at radius 3 is 2.58 bits per heavy atom. The zero-order valence-electron chi connectivity index (χ0n) is 7.41. The van der Waals surface area contributed by atoms with Crippen LogP contribution in [-0.2, 0) is 9.63 Å². The number of carbonyl (C=O) groups excluding carboxylic acids is 1. The fourth-order valence-corrected chi connectivity index (χ4v) is 2.29. The Kier molecular flexibility index (Phi) is 1.81. The Labute approximate surface area is 71.8 Å². The van der Waals surface area contributed by atoms with Crippen LogP contribution in [0.1, 0.15) is 0 Å². The molecule has 0 aromatic heterocycles. The second-order valence-electron chi connectivity index (χ2n) is 3.75. The Hall–Kier alpha value is -0.610. The number of nitrogens with zero attached hydrogens (tertiary/aromatic N) is 1. The first-order chi connectivity index (χ1) is 5.74. The van der Waals surface area contributed by atoms with E-state index in [4.69, 9.17) is 0 Å². The summed E-state index contributed by atoms with van der Waals surface area (Å²) in [6.07, 6.45) is 0. The summed E-state index contributed by atoms with van der Waals surface area (Å²) in [5, 5.41) is 0. The van der Waals surface area contributed by atoms with Crippen LogP contribution >= 0.6 is 0 Å². The average Bonchev–Trinajstić information content (AvgIpc) is 2.51. The van der Waals surface area contributed by atoms with E-state index in [1.165, 1.54) is 7.11 Å². The van der Waals surface area contributed by atoms with Gasteiger partial charge < -0.3 is 4.90 Å². The zero-order chi connectivity index (χ0) is 8.72. The number of carbonyl (C=O) groups is 1. The van der Waals surface area contributed by atoms with Crippen LogP contribution in [0.5, 0.6) is 0 Å². The molecule has 1 amide bonds. The number of piperidine rings is 1. The van der Waals surface area contributed by atoms with Gasteiger partial charge in [-0.05, 0) is 18.9 Å². The molecule has 1 saturated carbocycles. The van der Waals surface area contributed by atoms with Gasteiger partial charge in [0.15, 0.2) is 0 Å². The van der Waals surface area contributed by atoms with E-state index in [0.29, 0.717) is 11.8 Å². The average molecular weight is 170 g/mol. The quantitative estimate of drug-likeness (QED) is 0.566. The van der Waals surface area contributed by atoms with Gasteiger partial charge in [0.05, 0.1) is 7.11 Å². The van der Waals surface area contributed by atoms with Crippen molar-refractivity contribution in [3.63, 3.8) is 0 Å². The molecular formula is C8H14N2O2. The van der Waals surface area contributed by atoms with Crippen molar-refractivity contribution in [3.05, 3.63) is 0 Å². The maximum atomic E-state index is 11.3. The van der Waals surface area contributed by atoms with Gasteiger partial charge in [0.1, 0.15) is 0 Å². The number of hydrogen-bond donors (Lipinski definition) is 1. The molecule has 1 heterocycles. The first-order valence-electron chi connectivity index (χ1n) is 4.25. The van der Waals surface area contributed by atoms with Crippen molar-refractivity contribution in [2.75, 3.05) is 27.2 Å². The van der Waals surface area contributed by atoms with Crippen LogP contribution in [0.3, 0.4) is 0 Å². The van der Waals surface area contributed by atoms with Gasteiger partial charge in [0, 0.05) is 19.0 Å². The first kappa shape index (κ1) is 8.01. The molecule has 0 radical (unpaired) electrons. The second-order valence-corrected chi connectivity index (χ2v) is 3.75. The van der Waals surface area contributed by atoms with Crippen molar-refractivity contribution in [1.29, 1.82) is 0 Å². The van der Waals surface area contributed by atoms with Crippen molar-refractivity contribution in [3.8, 4) is 0 Å². The highest BCUT2D eigenvalue weighted by molar-refractivity contribution is 5.81. The molecule has 0 bridgehead atoms. The minimum Gasteiger partial charge on any atom is -0.306 e. The number of amides is 1. The van der Waals surface area contributed by atoms with Crippen LogP contribution < -0.4 is 5.48 Å². The van der Waals surface area contributed by atoms with Crippen LogP contribution in [-0.4, -0.2) is 38.1 Å². The van der Waals surface area contributed by atoms with Gasteiger partial charge in [-0.15, -0.1) is 0 Å². The number of likely N-dealkylation sites (tertiary alicyclic amines) is 1. The topological polar surface area (TPSA) is 41.6 Å². The summed E-state index contributed by atoms with van der Waals surface area (Å²) >= 11 is 0. The van der Waals surface area contributed by atoms with Crippen molar-refractivity contribution >= 4 is 5.91 Å². The molecular weight excluding hydrogens is 156 g/mol. The summed E-state index contributed by atoms with van der Waals surface area (Å²) < 4.78 is 0. The smallest absolute Gasteiger partial charge is 0.247 e. The molecule has 0 aromatic carbocycles. The van der Waals surface area contributed by atoms with E-state index in [1.807, 2.05) is 0 Å². The van der Waals surface area contributed by atoms with Gasteiger partial charge in [0.2, 0.25) is 5.91 Å². The summed E-state index contributed by atoms with van der Waals surface area (Å²) in [5.74, 6) is 1.46. The maximum Gasteiger partial charge on any atom is 0.247 e. The first-order valence-corrected chi connectivity index (χ1v) is 4.25. The number of hydrogen-bond acceptors (Lipinski definition) is 3. The van der Waals surface area contributed by atoms with Crippen molar-refractivity contribution < 1.29 is 9.63 Å². The maximum absolute atomic E-state index is 11.3. The Morgan fingerprint density at radius 1 is 1.50 bits per heavy atom. The highest BCUT2D eigenvalue weighted by Crippen LogP contribution is 2.51. The molecule has 4 nitrogen and oxygen atoms in total. The van der Waals surface area contributed by atoms with Crippen LogP contribution in [0.2, 0.25) is 0 Å². The highest BCUT2D eigenvalue weighted by Gasteiger charge is 2.58. The molecule has 2 unspecified atom stereocenters. The van der Waals surface area contributed by atoms with Crippen molar-refractivity contribution in [2.24, 2.45) is 17.8 Å². The normalized spacial score (nSPS) is 39.3. The molecule has 0 spiro atoms. The molecule has 2 fully saturated rings. The molecule has 2 aliphatic rings. The molecule has 0 aromatic rings. The van der Waals surface area contributed by atoms with Gasteiger partial charge in [-0.2, -0.15) is 0 Å². The summed E-state index contributed by atoms with van der Waals surface area (Å²) in [4.78, 5) is 18.1. The fourth-order valence-electron chi connectivity index (χ4n) is 2.29. The molecule has 1 aliphatic heterocycles. The fraction of sp³-hybridized carbons (Fsp3) is 0.875. The van der Waals surface area contributed by atoms with Gasteiger partial charge in [0.25, 0.3) is 0 Å².